The lowest BCUT2D eigenvalue weighted by Crippen LogP contribution is -2.48. The maximum absolute atomic E-state index is 12.1. The molecule has 1 aliphatic heterocycles. The van der Waals surface area contributed by atoms with Crippen molar-refractivity contribution in [1.82, 2.24) is 14.3 Å². The van der Waals surface area contributed by atoms with Crippen molar-refractivity contribution in [3.63, 3.8) is 0 Å². The molecule has 0 radical (unpaired) electrons. The SMILES string of the molecule is CS(=O)(=O)N1CCCC(NC(=O)/C=C/c2ccc(S(=O)(=O)NC3CC3)cc2)C1. The highest BCUT2D eigenvalue weighted by Gasteiger charge is 2.28. The molecule has 2 aliphatic rings. The molecule has 1 amide bonds. The molecule has 28 heavy (non-hydrogen) atoms. The fraction of sp³-hybridized carbons (Fsp3) is 0.500. The van der Waals surface area contributed by atoms with Gasteiger partial charge >= 0.3 is 0 Å². The van der Waals surface area contributed by atoms with Crippen LogP contribution >= 0.6 is 0 Å². The summed E-state index contributed by atoms with van der Waals surface area (Å²) in [7, 11) is -6.75. The average molecular weight is 428 g/mol. The average Bonchev–Trinajstić information content (AvgIpc) is 3.43. The molecule has 1 unspecified atom stereocenters. The lowest BCUT2D eigenvalue weighted by atomic mass is 10.1. The molecule has 3 rings (SSSR count). The van der Waals surface area contributed by atoms with E-state index in [2.05, 4.69) is 10.0 Å². The predicted molar refractivity (Wildman–Crippen MR) is 106 cm³/mol. The Balaban J connectivity index is 1.55. The summed E-state index contributed by atoms with van der Waals surface area (Å²) in [6.07, 6.45) is 7.30. The highest BCUT2D eigenvalue weighted by molar-refractivity contribution is 7.89. The Kier molecular flexibility index (Phi) is 6.23. The van der Waals surface area contributed by atoms with Crippen LogP contribution < -0.4 is 10.0 Å². The third-order valence-electron chi connectivity index (χ3n) is 4.72. The van der Waals surface area contributed by atoms with Gasteiger partial charge in [-0.15, -0.1) is 0 Å². The van der Waals surface area contributed by atoms with Gasteiger partial charge in [0.1, 0.15) is 0 Å². The molecule has 1 aliphatic carbocycles. The summed E-state index contributed by atoms with van der Waals surface area (Å²) in [6.45, 7) is 0.755. The van der Waals surface area contributed by atoms with E-state index in [0.29, 0.717) is 18.5 Å². The van der Waals surface area contributed by atoms with Gasteiger partial charge in [0.05, 0.1) is 11.2 Å². The summed E-state index contributed by atoms with van der Waals surface area (Å²) in [5.41, 5.74) is 0.696. The van der Waals surface area contributed by atoms with E-state index >= 15 is 0 Å². The van der Waals surface area contributed by atoms with Gasteiger partial charge in [-0.2, -0.15) is 0 Å². The van der Waals surface area contributed by atoms with Crippen molar-refractivity contribution in [1.29, 1.82) is 0 Å². The molecular weight excluding hydrogens is 402 g/mol. The number of nitrogens with zero attached hydrogens (tertiary/aromatic N) is 1. The first-order chi connectivity index (χ1) is 13.1. The Morgan fingerprint density at radius 2 is 1.75 bits per heavy atom. The largest absolute Gasteiger partial charge is 0.348 e. The lowest BCUT2D eigenvalue weighted by Gasteiger charge is -2.31. The first kappa shape index (κ1) is 21.0. The van der Waals surface area contributed by atoms with E-state index in [9.17, 15) is 21.6 Å². The van der Waals surface area contributed by atoms with E-state index in [4.69, 9.17) is 0 Å². The van der Waals surface area contributed by atoms with Gasteiger partial charge in [-0.3, -0.25) is 4.79 Å². The zero-order valence-electron chi connectivity index (χ0n) is 15.7. The molecule has 0 spiro atoms. The zero-order chi connectivity index (χ0) is 20.4. The third kappa shape index (κ3) is 5.87. The minimum Gasteiger partial charge on any atom is -0.348 e. The molecule has 1 heterocycles. The number of carbonyl (C=O) groups excluding carboxylic acids is 1. The van der Waals surface area contributed by atoms with Gasteiger partial charge in [0.15, 0.2) is 0 Å². The van der Waals surface area contributed by atoms with Crippen molar-refractivity contribution in [3.05, 3.63) is 35.9 Å². The number of carbonyl (C=O) groups is 1. The smallest absolute Gasteiger partial charge is 0.244 e. The van der Waals surface area contributed by atoms with Gasteiger partial charge < -0.3 is 5.32 Å². The first-order valence-electron chi connectivity index (χ1n) is 9.19. The van der Waals surface area contributed by atoms with Crippen molar-refractivity contribution >= 4 is 32.0 Å². The van der Waals surface area contributed by atoms with E-state index in [1.165, 1.54) is 28.8 Å². The first-order valence-corrected chi connectivity index (χ1v) is 12.5. The number of piperidine rings is 1. The molecule has 154 valence electrons. The quantitative estimate of drug-likeness (QED) is 0.622. The minimum atomic E-state index is -3.49. The second-order valence-electron chi connectivity index (χ2n) is 7.27. The van der Waals surface area contributed by atoms with E-state index in [1.807, 2.05) is 0 Å². The summed E-state index contributed by atoms with van der Waals surface area (Å²) in [6, 6.07) is 6.11. The monoisotopic (exact) mass is 427 g/mol. The molecule has 2 N–H and O–H groups in total. The van der Waals surface area contributed by atoms with E-state index in [1.54, 1.807) is 18.2 Å². The maximum atomic E-state index is 12.1. The summed E-state index contributed by atoms with van der Waals surface area (Å²) in [5, 5.41) is 2.82. The molecule has 10 heteroatoms. The second kappa shape index (κ2) is 8.32. The molecule has 1 aromatic rings. The fourth-order valence-electron chi connectivity index (χ4n) is 3.03. The van der Waals surface area contributed by atoms with Gasteiger partial charge in [-0.1, -0.05) is 12.1 Å². The summed E-state index contributed by atoms with van der Waals surface area (Å²) in [4.78, 5) is 12.3. The van der Waals surface area contributed by atoms with Crippen LogP contribution in [-0.2, 0) is 24.8 Å². The summed E-state index contributed by atoms with van der Waals surface area (Å²) >= 11 is 0. The van der Waals surface area contributed by atoms with Crippen molar-refractivity contribution in [2.24, 2.45) is 0 Å². The van der Waals surface area contributed by atoms with Crippen LogP contribution in [0.3, 0.4) is 0 Å². The van der Waals surface area contributed by atoms with Gasteiger partial charge in [0.2, 0.25) is 26.0 Å². The van der Waals surface area contributed by atoms with E-state index < -0.39 is 20.0 Å². The lowest BCUT2D eigenvalue weighted by molar-refractivity contribution is -0.117. The predicted octanol–water partition coefficient (Wildman–Crippen LogP) is 0.681. The number of rotatable bonds is 7. The molecular formula is C18H25N3O5S2. The van der Waals surface area contributed by atoms with Gasteiger partial charge in [-0.05, 0) is 49.5 Å². The highest BCUT2D eigenvalue weighted by atomic mass is 32.2. The van der Waals surface area contributed by atoms with Crippen LogP contribution in [0.15, 0.2) is 35.2 Å². The third-order valence-corrected chi connectivity index (χ3v) is 7.52. The minimum absolute atomic E-state index is 0.0478. The van der Waals surface area contributed by atoms with Gasteiger partial charge in [0, 0.05) is 31.2 Å². The number of hydrogen-bond donors (Lipinski definition) is 2. The van der Waals surface area contributed by atoms with Crippen molar-refractivity contribution < 1.29 is 21.6 Å². The Morgan fingerprint density at radius 3 is 2.36 bits per heavy atom. The Labute approximate surface area is 166 Å². The Morgan fingerprint density at radius 1 is 1.07 bits per heavy atom. The van der Waals surface area contributed by atoms with E-state index in [0.717, 1.165) is 19.3 Å². The standard InChI is InChI=1S/C18H25N3O5S2/c1-27(23,24)21-12-2-3-16(13-21)19-18(22)11-6-14-4-9-17(10-5-14)28(25,26)20-15-7-8-15/h4-6,9-11,15-16,20H,2-3,7-8,12-13H2,1H3,(H,19,22)/b11-6+. The number of nitrogens with one attached hydrogen (secondary N) is 2. The van der Waals surface area contributed by atoms with Crippen LogP contribution in [0.4, 0.5) is 0 Å². The second-order valence-corrected chi connectivity index (χ2v) is 11.0. The molecule has 0 bridgehead atoms. The molecule has 0 aromatic heterocycles. The maximum Gasteiger partial charge on any atom is 0.244 e. The number of benzene rings is 1. The molecule has 1 saturated carbocycles. The number of sulfonamides is 2. The molecule has 8 nitrogen and oxygen atoms in total. The normalized spacial score (nSPS) is 21.7. The Hall–Kier alpha value is -1.75. The van der Waals surface area contributed by atoms with Crippen molar-refractivity contribution in [2.45, 2.75) is 42.7 Å². The van der Waals surface area contributed by atoms with Crippen LogP contribution in [-0.4, -0.2) is 58.5 Å². The zero-order valence-corrected chi connectivity index (χ0v) is 17.3. The van der Waals surface area contributed by atoms with Gasteiger partial charge in [-0.25, -0.2) is 25.9 Å². The van der Waals surface area contributed by atoms with Crippen LogP contribution in [0.25, 0.3) is 6.08 Å². The molecule has 2 fully saturated rings. The van der Waals surface area contributed by atoms with E-state index in [-0.39, 0.29) is 29.4 Å². The molecule has 1 saturated heterocycles. The van der Waals surface area contributed by atoms with Crippen molar-refractivity contribution in [2.75, 3.05) is 19.3 Å². The van der Waals surface area contributed by atoms with Crippen LogP contribution in [0.5, 0.6) is 0 Å². The number of hydrogen-bond acceptors (Lipinski definition) is 5. The van der Waals surface area contributed by atoms with Crippen LogP contribution in [0, 0.1) is 0 Å². The van der Waals surface area contributed by atoms with Crippen molar-refractivity contribution in [3.8, 4) is 0 Å². The topological polar surface area (TPSA) is 113 Å². The summed E-state index contributed by atoms with van der Waals surface area (Å²) < 4.78 is 51.6. The molecule has 1 aromatic carbocycles. The summed E-state index contributed by atoms with van der Waals surface area (Å²) in [5.74, 6) is -0.313. The van der Waals surface area contributed by atoms with Crippen LogP contribution in [0.2, 0.25) is 0 Å². The highest BCUT2D eigenvalue weighted by Crippen LogP contribution is 2.22. The van der Waals surface area contributed by atoms with Crippen LogP contribution in [0.1, 0.15) is 31.2 Å². The van der Waals surface area contributed by atoms with Gasteiger partial charge in [0.25, 0.3) is 0 Å². The number of amides is 1. The Bertz CT molecular complexity index is 951. The fourth-order valence-corrected chi connectivity index (χ4v) is 5.25. The molecule has 1 atom stereocenters.